The van der Waals surface area contributed by atoms with Crippen molar-refractivity contribution in [2.24, 2.45) is 0 Å². The van der Waals surface area contributed by atoms with Gasteiger partial charge in [-0.05, 0) is 11.1 Å². The van der Waals surface area contributed by atoms with Crippen LogP contribution in [0.15, 0.2) is 60.7 Å². The second-order valence-corrected chi connectivity index (χ2v) is 4.46. The van der Waals surface area contributed by atoms with Gasteiger partial charge in [0.05, 0.1) is 12.2 Å². The standard InChI is InChI=1S/C15H15BO3/c1-17-16-18-14(12-8-4-2-5-9-12)15(19-16)13-10-6-3-7-11-13/h2-11,14-15H,1H3/t14-,15-/m1/s1. The van der Waals surface area contributed by atoms with Crippen molar-refractivity contribution in [1.29, 1.82) is 0 Å². The molecule has 0 spiro atoms. The lowest BCUT2D eigenvalue weighted by Crippen LogP contribution is -2.17. The predicted octanol–water partition coefficient (Wildman–Crippen LogP) is 3.15. The summed E-state index contributed by atoms with van der Waals surface area (Å²) in [4.78, 5) is 0. The summed E-state index contributed by atoms with van der Waals surface area (Å²) in [6.45, 7) is 0. The van der Waals surface area contributed by atoms with Gasteiger partial charge in [0.25, 0.3) is 0 Å². The van der Waals surface area contributed by atoms with Gasteiger partial charge in [0, 0.05) is 7.11 Å². The van der Waals surface area contributed by atoms with Crippen LogP contribution in [0.5, 0.6) is 0 Å². The van der Waals surface area contributed by atoms with Gasteiger partial charge in [0.1, 0.15) is 0 Å². The van der Waals surface area contributed by atoms with Crippen molar-refractivity contribution in [1.82, 2.24) is 0 Å². The highest BCUT2D eigenvalue weighted by atomic mass is 16.8. The van der Waals surface area contributed by atoms with Crippen molar-refractivity contribution in [3.05, 3.63) is 71.8 Å². The molecule has 1 heterocycles. The van der Waals surface area contributed by atoms with Crippen LogP contribution in [0.3, 0.4) is 0 Å². The summed E-state index contributed by atoms with van der Waals surface area (Å²) in [6, 6.07) is 20.2. The highest BCUT2D eigenvalue weighted by molar-refractivity contribution is 6.37. The van der Waals surface area contributed by atoms with Gasteiger partial charge < -0.3 is 14.0 Å². The van der Waals surface area contributed by atoms with Gasteiger partial charge in [0.15, 0.2) is 0 Å². The summed E-state index contributed by atoms with van der Waals surface area (Å²) in [5.74, 6) is 0. The first-order valence-electron chi connectivity index (χ1n) is 6.32. The quantitative estimate of drug-likeness (QED) is 0.787. The lowest BCUT2D eigenvalue weighted by Gasteiger charge is -2.18. The highest BCUT2D eigenvalue weighted by Crippen LogP contribution is 2.41. The molecule has 4 heteroatoms. The van der Waals surface area contributed by atoms with Gasteiger partial charge in [0.2, 0.25) is 0 Å². The molecule has 0 saturated carbocycles. The Hall–Kier alpha value is -1.62. The maximum Gasteiger partial charge on any atom is 0.640 e. The van der Waals surface area contributed by atoms with Crippen LogP contribution in [0.2, 0.25) is 0 Å². The van der Waals surface area contributed by atoms with Crippen LogP contribution in [0.25, 0.3) is 0 Å². The minimum Gasteiger partial charge on any atom is -0.389 e. The van der Waals surface area contributed by atoms with Gasteiger partial charge >= 0.3 is 7.32 Å². The Balaban J connectivity index is 1.92. The summed E-state index contributed by atoms with van der Waals surface area (Å²) >= 11 is 0. The fourth-order valence-corrected chi connectivity index (χ4v) is 2.32. The third-order valence-corrected chi connectivity index (χ3v) is 3.24. The minimum absolute atomic E-state index is 0.145. The zero-order chi connectivity index (χ0) is 13.1. The number of hydrogen-bond donors (Lipinski definition) is 0. The molecule has 0 aliphatic carbocycles. The Morgan fingerprint density at radius 1 is 0.789 bits per heavy atom. The van der Waals surface area contributed by atoms with E-state index in [1.807, 2.05) is 60.7 Å². The molecule has 1 aliphatic heterocycles. The van der Waals surface area contributed by atoms with Crippen molar-refractivity contribution in [3.63, 3.8) is 0 Å². The highest BCUT2D eigenvalue weighted by Gasteiger charge is 2.42. The molecule has 1 fully saturated rings. The van der Waals surface area contributed by atoms with E-state index in [1.54, 1.807) is 7.11 Å². The zero-order valence-electron chi connectivity index (χ0n) is 10.7. The van der Waals surface area contributed by atoms with E-state index in [2.05, 4.69) is 0 Å². The van der Waals surface area contributed by atoms with E-state index in [0.29, 0.717) is 0 Å². The van der Waals surface area contributed by atoms with Crippen LogP contribution < -0.4 is 0 Å². The Bertz CT molecular complexity index is 470. The summed E-state index contributed by atoms with van der Waals surface area (Å²) in [7, 11) is 0.968. The van der Waals surface area contributed by atoms with E-state index in [-0.39, 0.29) is 12.2 Å². The van der Waals surface area contributed by atoms with Crippen molar-refractivity contribution in [3.8, 4) is 0 Å². The molecule has 3 rings (SSSR count). The molecule has 3 nitrogen and oxygen atoms in total. The molecule has 0 unspecified atom stereocenters. The number of hydrogen-bond acceptors (Lipinski definition) is 3. The third kappa shape index (κ3) is 2.56. The van der Waals surface area contributed by atoms with Crippen LogP contribution in [0, 0.1) is 0 Å². The average molecular weight is 254 g/mol. The first-order chi connectivity index (χ1) is 9.38. The molecule has 19 heavy (non-hydrogen) atoms. The summed E-state index contributed by atoms with van der Waals surface area (Å²) in [5.41, 5.74) is 2.19. The average Bonchev–Trinajstić information content (AvgIpc) is 2.93. The zero-order valence-corrected chi connectivity index (χ0v) is 10.7. The van der Waals surface area contributed by atoms with E-state index in [1.165, 1.54) is 0 Å². The van der Waals surface area contributed by atoms with Crippen LogP contribution in [0.4, 0.5) is 0 Å². The fraction of sp³-hybridized carbons (Fsp3) is 0.200. The lowest BCUT2D eigenvalue weighted by molar-refractivity contribution is 0.159. The second kappa shape index (κ2) is 5.57. The van der Waals surface area contributed by atoms with E-state index < -0.39 is 7.32 Å². The second-order valence-electron chi connectivity index (χ2n) is 4.46. The summed E-state index contributed by atoms with van der Waals surface area (Å²) < 4.78 is 16.8. The molecule has 0 N–H and O–H groups in total. The SMILES string of the molecule is COB1O[C@H](c2ccccc2)[C@@H](c2ccccc2)O1. The molecular formula is C15H15BO3. The summed E-state index contributed by atoms with van der Waals surface area (Å²) in [5, 5.41) is 0. The predicted molar refractivity (Wildman–Crippen MR) is 73.3 cm³/mol. The van der Waals surface area contributed by atoms with Crippen LogP contribution in [0.1, 0.15) is 23.3 Å². The first-order valence-corrected chi connectivity index (χ1v) is 6.32. The largest absolute Gasteiger partial charge is 0.640 e. The van der Waals surface area contributed by atoms with Crippen molar-refractivity contribution >= 4 is 7.32 Å². The van der Waals surface area contributed by atoms with Crippen molar-refractivity contribution in [2.75, 3.05) is 7.11 Å². The smallest absolute Gasteiger partial charge is 0.389 e. The molecule has 0 bridgehead atoms. The molecular weight excluding hydrogens is 239 g/mol. The number of rotatable bonds is 3. The van der Waals surface area contributed by atoms with Gasteiger partial charge in [-0.2, -0.15) is 0 Å². The molecule has 0 aromatic heterocycles. The number of benzene rings is 2. The van der Waals surface area contributed by atoms with E-state index in [0.717, 1.165) is 11.1 Å². The third-order valence-electron chi connectivity index (χ3n) is 3.24. The topological polar surface area (TPSA) is 27.7 Å². The Morgan fingerprint density at radius 2 is 1.21 bits per heavy atom. The van der Waals surface area contributed by atoms with E-state index >= 15 is 0 Å². The molecule has 2 aromatic carbocycles. The fourth-order valence-electron chi connectivity index (χ4n) is 2.32. The van der Waals surface area contributed by atoms with E-state index in [9.17, 15) is 0 Å². The van der Waals surface area contributed by atoms with Gasteiger partial charge in [-0.15, -0.1) is 0 Å². The molecule has 1 saturated heterocycles. The van der Waals surface area contributed by atoms with Crippen molar-refractivity contribution in [2.45, 2.75) is 12.2 Å². The monoisotopic (exact) mass is 254 g/mol. The van der Waals surface area contributed by atoms with Gasteiger partial charge in [-0.1, -0.05) is 60.7 Å². The van der Waals surface area contributed by atoms with Gasteiger partial charge in [-0.25, -0.2) is 0 Å². The van der Waals surface area contributed by atoms with Crippen LogP contribution in [-0.2, 0) is 14.0 Å². The maximum atomic E-state index is 5.82. The maximum absolute atomic E-state index is 5.82. The molecule has 2 aromatic rings. The Morgan fingerprint density at radius 3 is 1.58 bits per heavy atom. The molecule has 1 aliphatic rings. The Kier molecular flexibility index (Phi) is 3.64. The molecule has 2 atom stereocenters. The van der Waals surface area contributed by atoms with E-state index in [4.69, 9.17) is 14.0 Å². The Labute approximate surface area is 113 Å². The van der Waals surface area contributed by atoms with Crippen molar-refractivity contribution < 1.29 is 14.0 Å². The molecule has 0 radical (unpaired) electrons. The normalized spacial score (nSPS) is 22.7. The molecule has 96 valence electrons. The minimum atomic E-state index is -0.615. The lowest BCUT2D eigenvalue weighted by atomic mass is 9.99. The van der Waals surface area contributed by atoms with Gasteiger partial charge in [-0.3, -0.25) is 0 Å². The first kappa shape index (κ1) is 12.4. The molecule has 0 amide bonds. The van der Waals surface area contributed by atoms with Crippen LogP contribution >= 0.6 is 0 Å². The van der Waals surface area contributed by atoms with Crippen LogP contribution in [-0.4, -0.2) is 14.4 Å². The summed E-state index contributed by atoms with van der Waals surface area (Å²) in [6.07, 6.45) is -0.290.